The molecule has 0 unspecified atom stereocenters. The molecule has 0 saturated carbocycles. The first kappa shape index (κ1) is 18.9. The van der Waals surface area contributed by atoms with Crippen molar-refractivity contribution in [3.8, 4) is 0 Å². The number of aromatic nitrogens is 2. The average molecular weight is 385 g/mol. The van der Waals surface area contributed by atoms with Crippen LogP contribution in [0.1, 0.15) is 32.6 Å². The van der Waals surface area contributed by atoms with E-state index in [9.17, 15) is 4.79 Å². The summed E-state index contributed by atoms with van der Waals surface area (Å²) in [5.74, 6) is -0.0387. The van der Waals surface area contributed by atoms with Crippen molar-refractivity contribution in [3.63, 3.8) is 0 Å². The summed E-state index contributed by atoms with van der Waals surface area (Å²) in [6.07, 6.45) is 3.71. The smallest absolute Gasteiger partial charge is 0.337 e. The van der Waals surface area contributed by atoms with Gasteiger partial charge < -0.3 is 10.5 Å². The molecular weight excluding hydrogens is 362 g/mol. The summed E-state index contributed by atoms with van der Waals surface area (Å²) in [6.45, 7) is 4.26. The number of methoxy groups -OCH3 is 1. The van der Waals surface area contributed by atoms with E-state index in [0.29, 0.717) is 22.4 Å². The van der Waals surface area contributed by atoms with Gasteiger partial charge in [0, 0.05) is 17.0 Å². The second-order valence-corrected chi connectivity index (χ2v) is 7.39. The lowest BCUT2D eigenvalue weighted by Gasteiger charge is -2.10. The maximum Gasteiger partial charge on any atom is 0.337 e. The molecule has 4 rings (SSSR count). The fourth-order valence-electron chi connectivity index (χ4n) is 3.74. The number of carbonyl (C=O) groups is 1. The number of pyridine rings is 2. The average Bonchev–Trinajstić information content (AvgIpc) is 2.72. The molecule has 0 atom stereocenters. The SMILES string of the molecule is COC(=O)c1ccc2c(c1)nc(N)c1ncc(CCc3ccc(C)cc3C)cc12. The van der Waals surface area contributed by atoms with Gasteiger partial charge in [-0.3, -0.25) is 4.98 Å². The molecule has 0 radical (unpaired) electrons. The lowest BCUT2D eigenvalue weighted by atomic mass is 9.98. The van der Waals surface area contributed by atoms with E-state index in [4.69, 9.17) is 10.5 Å². The molecule has 0 aliphatic carbocycles. The Hall–Kier alpha value is -3.47. The highest BCUT2D eigenvalue weighted by Crippen LogP contribution is 2.28. The molecule has 2 aromatic heterocycles. The Kier molecular flexibility index (Phi) is 4.89. The Labute approximate surface area is 169 Å². The number of carbonyl (C=O) groups excluding carboxylic acids is 1. The van der Waals surface area contributed by atoms with Gasteiger partial charge in [0.05, 0.1) is 18.2 Å². The summed E-state index contributed by atoms with van der Waals surface area (Å²) in [5, 5.41) is 1.87. The van der Waals surface area contributed by atoms with Crippen LogP contribution in [-0.2, 0) is 17.6 Å². The number of benzene rings is 2. The van der Waals surface area contributed by atoms with Crippen LogP contribution in [0.15, 0.2) is 48.7 Å². The molecular formula is C24H23N3O2. The van der Waals surface area contributed by atoms with Crippen molar-refractivity contribution in [1.29, 1.82) is 0 Å². The number of anilines is 1. The fraction of sp³-hybridized carbons (Fsp3) is 0.208. The molecule has 2 aromatic carbocycles. The maximum absolute atomic E-state index is 11.8. The molecule has 5 heteroatoms. The molecule has 146 valence electrons. The van der Waals surface area contributed by atoms with Gasteiger partial charge >= 0.3 is 5.97 Å². The van der Waals surface area contributed by atoms with Gasteiger partial charge in [-0.05, 0) is 61.6 Å². The van der Waals surface area contributed by atoms with Crippen LogP contribution in [0, 0.1) is 13.8 Å². The summed E-state index contributed by atoms with van der Waals surface area (Å²) in [5.41, 5.74) is 13.0. The minimum atomic E-state index is -0.396. The fourth-order valence-corrected chi connectivity index (χ4v) is 3.74. The predicted molar refractivity (Wildman–Crippen MR) is 116 cm³/mol. The molecule has 2 N–H and O–H groups in total. The Bertz CT molecular complexity index is 1250. The second-order valence-electron chi connectivity index (χ2n) is 7.39. The number of ether oxygens (including phenoxy) is 1. The lowest BCUT2D eigenvalue weighted by molar-refractivity contribution is 0.0601. The molecule has 0 aliphatic heterocycles. The van der Waals surface area contributed by atoms with E-state index in [-0.39, 0.29) is 0 Å². The number of nitrogen functional groups attached to an aromatic ring is 1. The predicted octanol–water partition coefficient (Wildman–Crippen LogP) is 4.55. The van der Waals surface area contributed by atoms with Gasteiger partial charge in [-0.25, -0.2) is 9.78 Å². The van der Waals surface area contributed by atoms with Gasteiger partial charge in [-0.1, -0.05) is 29.8 Å². The van der Waals surface area contributed by atoms with Gasteiger partial charge in [0.25, 0.3) is 0 Å². The Balaban J connectivity index is 1.73. The zero-order valence-electron chi connectivity index (χ0n) is 16.8. The monoisotopic (exact) mass is 385 g/mol. The van der Waals surface area contributed by atoms with Gasteiger partial charge in [-0.2, -0.15) is 0 Å². The number of nitrogens with two attached hydrogens (primary N) is 1. The normalized spacial score (nSPS) is 11.1. The third-order valence-electron chi connectivity index (χ3n) is 5.32. The van der Waals surface area contributed by atoms with Crippen LogP contribution in [0.5, 0.6) is 0 Å². The molecule has 29 heavy (non-hydrogen) atoms. The number of fused-ring (bicyclic) bond motifs is 3. The number of aryl methyl sites for hydroxylation is 4. The van der Waals surface area contributed by atoms with Crippen LogP contribution in [0.4, 0.5) is 5.82 Å². The second kappa shape index (κ2) is 7.51. The quantitative estimate of drug-likeness (QED) is 0.412. The number of nitrogens with zero attached hydrogens (tertiary/aromatic N) is 2. The van der Waals surface area contributed by atoms with Crippen LogP contribution in [0.3, 0.4) is 0 Å². The van der Waals surface area contributed by atoms with Crippen molar-refractivity contribution in [2.75, 3.05) is 12.8 Å². The number of esters is 1. The highest BCUT2D eigenvalue weighted by atomic mass is 16.5. The minimum absolute atomic E-state index is 0.357. The van der Waals surface area contributed by atoms with Crippen molar-refractivity contribution in [3.05, 3.63) is 76.5 Å². The van der Waals surface area contributed by atoms with Gasteiger partial charge in [0.15, 0.2) is 5.82 Å². The number of rotatable bonds is 4. The van der Waals surface area contributed by atoms with Crippen LogP contribution in [-0.4, -0.2) is 23.0 Å². The highest BCUT2D eigenvalue weighted by Gasteiger charge is 2.12. The third kappa shape index (κ3) is 3.63. The summed E-state index contributed by atoms with van der Waals surface area (Å²) in [6, 6.07) is 14.0. The molecule has 5 nitrogen and oxygen atoms in total. The van der Waals surface area contributed by atoms with E-state index >= 15 is 0 Å². The maximum atomic E-state index is 11.8. The van der Waals surface area contributed by atoms with Crippen molar-refractivity contribution in [2.45, 2.75) is 26.7 Å². The van der Waals surface area contributed by atoms with E-state index in [0.717, 1.165) is 29.2 Å². The molecule has 4 aromatic rings. The largest absolute Gasteiger partial charge is 0.465 e. The molecule has 0 fully saturated rings. The topological polar surface area (TPSA) is 78.1 Å². The Morgan fingerprint density at radius 2 is 1.86 bits per heavy atom. The van der Waals surface area contributed by atoms with E-state index in [1.165, 1.54) is 23.8 Å². The van der Waals surface area contributed by atoms with Crippen LogP contribution in [0.25, 0.3) is 21.8 Å². The zero-order chi connectivity index (χ0) is 20.5. The zero-order valence-corrected chi connectivity index (χ0v) is 16.8. The van der Waals surface area contributed by atoms with E-state index in [1.54, 1.807) is 12.1 Å². The lowest BCUT2D eigenvalue weighted by Crippen LogP contribution is -2.02. The minimum Gasteiger partial charge on any atom is -0.465 e. The first-order valence-corrected chi connectivity index (χ1v) is 9.58. The van der Waals surface area contributed by atoms with E-state index in [1.807, 2.05) is 12.3 Å². The van der Waals surface area contributed by atoms with Gasteiger partial charge in [0.1, 0.15) is 5.52 Å². The van der Waals surface area contributed by atoms with E-state index < -0.39 is 5.97 Å². The summed E-state index contributed by atoms with van der Waals surface area (Å²) >= 11 is 0. The standard InChI is InChI=1S/C24H23N3O2/c1-14-4-6-17(15(2)10-14)7-5-16-11-20-19-9-8-18(24(28)29-3)12-21(19)27-23(25)22(20)26-13-16/h4,6,8-13H,5,7H2,1-3H3,(H2,25,27). The molecule has 0 saturated heterocycles. The third-order valence-corrected chi connectivity index (χ3v) is 5.32. The van der Waals surface area contributed by atoms with Crippen LogP contribution >= 0.6 is 0 Å². The summed E-state index contributed by atoms with van der Waals surface area (Å²) in [4.78, 5) is 20.8. The molecule has 0 bridgehead atoms. The Morgan fingerprint density at radius 3 is 2.62 bits per heavy atom. The Morgan fingerprint density at radius 1 is 1.03 bits per heavy atom. The van der Waals surface area contributed by atoms with Crippen molar-refractivity contribution in [2.24, 2.45) is 0 Å². The van der Waals surface area contributed by atoms with Crippen LogP contribution < -0.4 is 5.73 Å². The molecule has 0 amide bonds. The number of hydrogen-bond acceptors (Lipinski definition) is 5. The van der Waals surface area contributed by atoms with E-state index in [2.05, 4.69) is 48.1 Å². The van der Waals surface area contributed by atoms with Crippen molar-refractivity contribution < 1.29 is 9.53 Å². The van der Waals surface area contributed by atoms with Crippen molar-refractivity contribution in [1.82, 2.24) is 9.97 Å². The first-order valence-electron chi connectivity index (χ1n) is 9.58. The number of hydrogen-bond donors (Lipinski definition) is 1. The highest BCUT2D eigenvalue weighted by molar-refractivity contribution is 6.09. The summed E-state index contributed by atoms with van der Waals surface area (Å²) in [7, 11) is 1.36. The van der Waals surface area contributed by atoms with Gasteiger partial charge in [-0.15, -0.1) is 0 Å². The molecule has 0 aliphatic rings. The van der Waals surface area contributed by atoms with Crippen LogP contribution in [0.2, 0.25) is 0 Å². The first-order chi connectivity index (χ1) is 14.0. The van der Waals surface area contributed by atoms with Gasteiger partial charge in [0.2, 0.25) is 0 Å². The van der Waals surface area contributed by atoms with Crippen molar-refractivity contribution >= 4 is 33.6 Å². The summed E-state index contributed by atoms with van der Waals surface area (Å²) < 4.78 is 4.80. The molecule has 0 spiro atoms. The molecule has 2 heterocycles.